The standard InChI is InChI=1S/C12H18N4O2/c1-12(2,3)18-11(17)14-10-7-6-9(15-16-10)13-8-4-5-8/h6-8H,4-5H2,1-3H3,(H,13,15)(H,14,16,17). The molecule has 1 aliphatic rings. The van der Waals surface area contributed by atoms with Gasteiger partial charge in [-0.05, 0) is 45.7 Å². The zero-order valence-corrected chi connectivity index (χ0v) is 10.9. The first kappa shape index (κ1) is 12.6. The lowest BCUT2D eigenvalue weighted by Crippen LogP contribution is -2.27. The summed E-state index contributed by atoms with van der Waals surface area (Å²) in [6.45, 7) is 5.42. The van der Waals surface area contributed by atoms with Crippen LogP contribution in [0.1, 0.15) is 33.6 Å². The van der Waals surface area contributed by atoms with Gasteiger partial charge in [0.2, 0.25) is 0 Å². The highest BCUT2D eigenvalue weighted by Crippen LogP contribution is 2.23. The normalized spacial score (nSPS) is 15.1. The second-order valence-electron chi connectivity index (χ2n) is 5.35. The Labute approximate surface area is 106 Å². The molecule has 0 radical (unpaired) electrons. The van der Waals surface area contributed by atoms with E-state index in [4.69, 9.17) is 4.74 Å². The Morgan fingerprint density at radius 1 is 1.28 bits per heavy atom. The van der Waals surface area contributed by atoms with E-state index in [9.17, 15) is 4.79 Å². The van der Waals surface area contributed by atoms with E-state index in [0.717, 1.165) is 5.82 Å². The van der Waals surface area contributed by atoms with Crippen LogP contribution in [0.5, 0.6) is 0 Å². The minimum absolute atomic E-state index is 0.380. The predicted molar refractivity (Wildman–Crippen MR) is 68.5 cm³/mol. The van der Waals surface area contributed by atoms with Crippen molar-refractivity contribution >= 4 is 17.7 Å². The minimum Gasteiger partial charge on any atom is -0.444 e. The fourth-order valence-corrected chi connectivity index (χ4v) is 1.32. The van der Waals surface area contributed by atoms with Crippen molar-refractivity contribution in [2.24, 2.45) is 0 Å². The van der Waals surface area contributed by atoms with Crippen molar-refractivity contribution in [1.82, 2.24) is 10.2 Å². The van der Waals surface area contributed by atoms with Gasteiger partial charge >= 0.3 is 6.09 Å². The van der Waals surface area contributed by atoms with Gasteiger partial charge in [-0.3, -0.25) is 5.32 Å². The van der Waals surface area contributed by atoms with E-state index in [1.807, 2.05) is 0 Å². The van der Waals surface area contributed by atoms with Crippen molar-refractivity contribution in [1.29, 1.82) is 0 Å². The highest BCUT2D eigenvalue weighted by atomic mass is 16.6. The Morgan fingerprint density at radius 2 is 1.89 bits per heavy atom. The number of nitrogens with one attached hydrogen (secondary N) is 2. The van der Waals surface area contributed by atoms with Crippen LogP contribution in [0.4, 0.5) is 16.4 Å². The van der Waals surface area contributed by atoms with E-state index in [0.29, 0.717) is 11.9 Å². The number of amides is 1. The van der Waals surface area contributed by atoms with Gasteiger partial charge in [-0.1, -0.05) is 0 Å². The molecule has 0 bridgehead atoms. The molecule has 0 atom stereocenters. The van der Waals surface area contributed by atoms with Gasteiger partial charge in [-0.2, -0.15) is 0 Å². The summed E-state index contributed by atoms with van der Waals surface area (Å²) in [5, 5.41) is 13.6. The van der Waals surface area contributed by atoms with E-state index in [1.54, 1.807) is 32.9 Å². The summed E-state index contributed by atoms with van der Waals surface area (Å²) in [5.41, 5.74) is -0.523. The third-order valence-corrected chi connectivity index (χ3v) is 2.22. The summed E-state index contributed by atoms with van der Waals surface area (Å²) >= 11 is 0. The molecule has 1 heterocycles. The van der Waals surface area contributed by atoms with Crippen LogP contribution in [0, 0.1) is 0 Å². The summed E-state index contributed by atoms with van der Waals surface area (Å²) in [6, 6.07) is 4.02. The monoisotopic (exact) mass is 250 g/mol. The van der Waals surface area contributed by atoms with Gasteiger partial charge < -0.3 is 10.1 Å². The van der Waals surface area contributed by atoms with Crippen LogP contribution in [0.15, 0.2) is 12.1 Å². The molecule has 1 saturated carbocycles. The number of carbonyl (C=O) groups excluding carboxylic acids is 1. The summed E-state index contributed by atoms with van der Waals surface area (Å²) in [7, 11) is 0. The fourth-order valence-electron chi connectivity index (χ4n) is 1.32. The van der Waals surface area contributed by atoms with Gasteiger partial charge in [0.05, 0.1) is 0 Å². The molecule has 1 fully saturated rings. The van der Waals surface area contributed by atoms with Crippen LogP contribution in [-0.2, 0) is 4.74 Å². The quantitative estimate of drug-likeness (QED) is 0.861. The predicted octanol–water partition coefficient (Wildman–Crippen LogP) is 2.40. The Morgan fingerprint density at radius 3 is 2.39 bits per heavy atom. The van der Waals surface area contributed by atoms with Gasteiger partial charge in [0.1, 0.15) is 11.4 Å². The molecule has 18 heavy (non-hydrogen) atoms. The minimum atomic E-state index is -0.528. The molecule has 0 unspecified atom stereocenters. The Balaban J connectivity index is 1.87. The molecule has 0 aliphatic heterocycles. The van der Waals surface area contributed by atoms with Gasteiger partial charge in [0, 0.05) is 6.04 Å². The Hall–Kier alpha value is -1.85. The van der Waals surface area contributed by atoms with Crippen molar-refractivity contribution in [3.63, 3.8) is 0 Å². The van der Waals surface area contributed by atoms with Crippen molar-refractivity contribution in [3.05, 3.63) is 12.1 Å². The maximum atomic E-state index is 11.5. The van der Waals surface area contributed by atoms with E-state index in [1.165, 1.54) is 12.8 Å². The molecule has 6 nitrogen and oxygen atoms in total. The summed E-state index contributed by atoms with van der Waals surface area (Å²) in [4.78, 5) is 11.5. The molecule has 2 N–H and O–H groups in total. The highest BCUT2D eigenvalue weighted by Gasteiger charge is 2.21. The van der Waals surface area contributed by atoms with Gasteiger partial charge in [0.25, 0.3) is 0 Å². The molecule has 0 saturated heterocycles. The van der Waals surface area contributed by atoms with Crippen molar-refractivity contribution in [3.8, 4) is 0 Å². The summed E-state index contributed by atoms with van der Waals surface area (Å²) in [6.07, 6.45) is 1.83. The Kier molecular flexibility index (Phi) is 3.36. The highest BCUT2D eigenvalue weighted by molar-refractivity contribution is 5.83. The SMILES string of the molecule is CC(C)(C)OC(=O)Nc1ccc(NC2CC2)nn1. The van der Waals surface area contributed by atoms with Gasteiger partial charge in [-0.15, -0.1) is 10.2 Å². The van der Waals surface area contributed by atoms with Crippen LogP contribution in [0.25, 0.3) is 0 Å². The smallest absolute Gasteiger partial charge is 0.413 e. The largest absolute Gasteiger partial charge is 0.444 e. The topological polar surface area (TPSA) is 76.1 Å². The van der Waals surface area contributed by atoms with E-state index >= 15 is 0 Å². The van der Waals surface area contributed by atoms with Crippen molar-refractivity contribution in [2.45, 2.75) is 45.3 Å². The molecule has 1 aliphatic carbocycles. The van der Waals surface area contributed by atoms with Crippen molar-refractivity contribution < 1.29 is 9.53 Å². The zero-order valence-electron chi connectivity index (χ0n) is 10.9. The lowest BCUT2D eigenvalue weighted by molar-refractivity contribution is 0.0635. The number of anilines is 2. The maximum absolute atomic E-state index is 11.5. The van der Waals surface area contributed by atoms with E-state index < -0.39 is 11.7 Å². The lowest BCUT2D eigenvalue weighted by Gasteiger charge is -2.19. The molecular formula is C12H18N4O2. The first-order chi connectivity index (χ1) is 8.42. The van der Waals surface area contributed by atoms with Crippen LogP contribution in [0.3, 0.4) is 0 Å². The lowest BCUT2D eigenvalue weighted by atomic mass is 10.2. The number of ether oxygens (including phenoxy) is 1. The number of hydrogen-bond donors (Lipinski definition) is 2. The van der Waals surface area contributed by atoms with E-state index in [-0.39, 0.29) is 0 Å². The van der Waals surface area contributed by atoms with Gasteiger partial charge in [-0.25, -0.2) is 4.79 Å². The first-order valence-corrected chi connectivity index (χ1v) is 6.03. The molecule has 2 rings (SSSR count). The molecule has 1 aromatic rings. The number of rotatable bonds is 3. The molecule has 1 amide bonds. The van der Waals surface area contributed by atoms with Crippen LogP contribution >= 0.6 is 0 Å². The van der Waals surface area contributed by atoms with Crippen LogP contribution in [-0.4, -0.2) is 27.9 Å². The Bertz CT molecular complexity index is 421. The fraction of sp³-hybridized carbons (Fsp3) is 0.583. The average Bonchev–Trinajstić information content (AvgIpc) is 3.02. The number of hydrogen-bond acceptors (Lipinski definition) is 5. The second-order valence-corrected chi connectivity index (χ2v) is 5.35. The van der Waals surface area contributed by atoms with Crippen molar-refractivity contribution in [2.75, 3.05) is 10.6 Å². The molecule has 0 spiro atoms. The summed E-state index contributed by atoms with van der Waals surface area (Å²) < 4.78 is 5.11. The number of carbonyl (C=O) groups is 1. The summed E-state index contributed by atoms with van der Waals surface area (Å²) in [5.74, 6) is 1.11. The molecule has 1 aromatic heterocycles. The van der Waals surface area contributed by atoms with Crippen LogP contribution in [0.2, 0.25) is 0 Å². The maximum Gasteiger partial charge on any atom is 0.413 e. The average molecular weight is 250 g/mol. The first-order valence-electron chi connectivity index (χ1n) is 6.03. The molecule has 0 aromatic carbocycles. The van der Waals surface area contributed by atoms with Gasteiger partial charge in [0.15, 0.2) is 5.82 Å². The third kappa shape index (κ3) is 4.20. The molecule has 98 valence electrons. The number of aromatic nitrogens is 2. The number of nitrogens with zero attached hydrogens (tertiary/aromatic N) is 2. The molecule has 6 heteroatoms. The zero-order chi connectivity index (χ0) is 13.2. The second kappa shape index (κ2) is 4.80. The third-order valence-electron chi connectivity index (χ3n) is 2.22. The van der Waals surface area contributed by atoms with Crippen LogP contribution < -0.4 is 10.6 Å². The molecular weight excluding hydrogens is 232 g/mol. The van der Waals surface area contributed by atoms with E-state index in [2.05, 4.69) is 20.8 Å².